The lowest BCUT2D eigenvalue weighted by Gasteiger charge is -2.05. The van der Waals surface area contributed by atoms with Gasteiger partial charge < -0.3 is 0 Å². The molecule has 0 amide bonds. The van der Waals surface area contributed by atoms with Crippen molar-refractivity contribution in [2.45, 2.75) is 19.8 Å². The van der Waals surface area contributed by atoms with E-state index in [1.807, 2.05) is 13.8 Å². The predicted molar refractivity (Wildman–Crippen MR) is 43.7 cm³/mol. The number of halogens is 1. The van der Waals surface area contributed by atoms with Crippen LogP contribution in [0.5, 0.6) is 0 Å². The van der Waals surface area contributed by atoms with Gasteiger partial charge in [-0.05, 0) is 18.1 Å². The van der Waals surface area contributed by atoms with Crippen molar-refractivity contribution in [1.82, 2.24) is 4.98 Å². The maximum absolute atomic E-state index is 13.0. The van der Waals surface area contributed by atoms with E-state index in [-0.39, 0.29) is 17.4 Å². The minimum atomic E-state index is -0.351. The van der Waals surface area contributed by atoms with Crippen LogP contribution in [0.2, 0.25) is 0 Å². The van der Waals surface area contributed by atoms with Gasteiger partial charge in [0.1, 0.15) is 11.5 Å². The molecule has 64 valence electrons. The van der Waals surface area contributed by atoms with Crippen LogP contribution >= 0.6 is 0 Å². The van der Waals surface area contributed by atoms with Gasteiger partial charge in [0.25, 0.3) is 0 Å². The van der Waals surface area contributed by atoms with Crippen LogP contribution in [-0.4, -0.2) is 11.3 Å². The molecule has 0 saturated heterocycles. The number of rotatable bonds is 2. The van der Waals surface area contributed by atoms with E-state index >= 15 is 0 Å². The Morgan fingerprint density at radius 3 is 2.67 bits per heavy atom. The molecule has 0 unspecified atom stereocenters. The number of pyridine rings is 1. The van der Waals surface area contributed by atoms with Gasteiger partial charge in [-0.1, -0.05) is 13.8 Å². The summed E-state index contributed by atoms with van der Waals surface area (Å²) in [6, 6.07) is 2.64. The van der Waals surface area contributed by atoms with Crippen LogP contribution in [0.15, 0.2) is 12.1 Å². The van der Waals surface area contributed by atoms with Gasteiger partial charge in [-0.15, -0.1) is 0 Å². The molecule has 1 aromatic heterocycles. The fourth-order valence-electron chi connectivity index (χ4n) is 0.944. The molecular weight excluding hydrogens is 157 g/mol. The number of nitrogens with zero attached hydrogens (tertiary/aromatic N) is 1. The SMILES string of the molecule is CC(C)c1nc(C=O)ccc1F. The van der Waals surface area contributed by atoms with Crippen LogP contribution in [0.1, 0.15) is 35.9 Å². The van der Waals surface area contributed by atoms with E-state index < -0.39 is 0 Å². The third-order valence-electron chi connectivity index (χ3n) is 1.56. The topological polar surface area (TPSA) is 30.0 Å². The van der Waals surface area contributed by atoms with Crippen LogP contribution in [0, 0.1) is 5.82 Å². The first-order valence-electron chi connectivity index (χ1n) is 3.76. The Kier molecular flexibility index (Phi) is 2.53. The Labute approximate surface area is 70.4 Å². The van der Waals surface area contributed by atoms with Gasteiger partial charge in [-0.3, -0.25) is 4.79 Å². The van der Waals surface area contributed by atoms with Crippen LogP contribution < -0.4 is 0 Å². The summed E-state index contributed by atoms with van der Waals surface area (Å²) in [4.78, 5) is 14.2. The van der Waals surface area contributed by atoms with Gasteiger partial charge in [-0.25, -0.2) is 9.37 Å². The number of hydrogen-bond acceptors (Lipinski definition) is 2. The summed E-state index contributed by atoms with van der Waals surface area (Å²) in [5, 5.41) is 0. The molecule has 0 aliphatic heterocycles. The van der Waals surface area contributed by atoms with E-state index in [1.54, 1.807) is 0 Å². The number of aldehydes is 1. The van der Waals surface area contributed by atoms with Gasteiger partial charge in [0.2, 0.25) is 0 Å². The summed E-state index contributed by atoms with van der Waals surface area (Å²) in [5.41, 5.74) is 0.625. The molecule has 0 aromatic carbocycles. The second-order valence-electron chi connectivity index (χ2n) is 2.88. The second kappa shape index (κ2) is 3.43. The maximum atomic E-state index is 13.0. The summed E-state index contributed by atoms with van der Waals surface area (Å²) in [5.74, 6) is -0.347. The molecule has 12 heavy (non-hydrogen) atoms. The van der Waals surface area contributed by atoms with Gasteiger partial charge in [0.15, 0.2) is 6.29 Å². The summed E-state index contributed by atoms with van der Waals surface area (Å²) in [6.45, 7) is 3.67. The van der Waals surface area contributed by atoms with E-state index in [4.69, 9.17) is 0 Å². The zero-order chi connectivity index (χ0) is 9.14. The number of carbonyl (C=O) groups is 1. The van der Waals surface area contributed by atoms with Gasteiger partial charge in [0, 0.05) is 0 Å². The average Bonchev–Trinajstić information content (AvgIpc) is 2.05. The molecule has 0 spiro atoms. The summed E-state index contributed by atoms with van der Waals surface area (Å²) < 4.78 is 13.0. The van der Waals surface area contributed by atoms with E-state index in [0.29, 0.717) is 12.0 Å². The van der Waals surface area contributed by atoms with Crippen molar-refractivity contribution < 1.29 is 9.18 Å². The van der Waals surface area contributed by atoms with Crippen LogP contribution in [0.4, 0.5) is 4.39 Å². The molecule has 0 fully saturated rings. The van der Waals surface area contributed by atoms with Crippen molar-refractivity contribution in [1.29, 1.82) is 0 Å². The number of carbonyl (C=O) groups excluding carboxylic acids is 1. The highest BCUT2D eigenvalue weighted by atomic mass is 19.1. The van der Waals surface area contributed by atoms with E-state index in [2.05, 4.69) is 4.98 Å². The summed E-state index contributed by atoms with van der Waals surface area (Å²) in [7, 11) is 0. The lowest BCUT2D eigenvalue weighted by Crippen LogP contribution is -2.00. The minimum absolute atomic E-state index is 0.00454. The highest BCUT2D eigenvalue weighted by Gasteiger charge is 2.08. The lowest BCUT2D eigenvalue weighted by atomic mass is 10.1. The fourth-order valence-corrected chi connectivity index (χ4v) is 0.944. The van der Waals surface area contributed by atoms with E-state index in [1.165, 1.54) is 12.1 Å². The Balaban J connectivity index is 3.16. The Hall–Kier alpha value is -1.25. The molecule has 3 heteroatoms. The zero-order valence-corrected chi connectivity index (χ0v) is 7.04. The average molecular weight is 167 g/mol. The predicted octanol–water partition coefficient (Wildman–Crippen LogP) is 2.16. The number of aromatic nitrogens is 1. The number of hydrogen-bond donors (Lipinski definition) is 0. The lowest BCUT2D eigenvalue weighted by molar-refractivity contribution is 0.111. The van der Waals surface area contributed by atoms with Crippen LogP contribution in [0.3, 0.4) is 0 Å². The Morgan fingerprint density at radius 2 is 2.17 bits per heavy atom. The first-order valence-corrected chi connectivity index (χ1v) is 3.76. The smallest absolute Gasteiger partial charge is 0.168 e. The molecule has 1 aromatic rings. The Bertz CT molecular complexity index is 297. The molecule has 2 nitrogen and oxygen atoms in total. The molecule has 0 radical (unpaired) electrons. The maximum Gasteiger partial charge on any atom is 0.168 e. The van der Waals surface area contributed by atoms with Crippen molar-refractivity contribution in [2.75, 3.05) is 0 Å². The van der Waals surface area contributed by atoms with Crippen molar-refractivity contribution in [2.24, 2.45) is 0 Å². The fraction of sp³-hybridized carbons (Fsp3) is 0.333. The van der Waals surface area contributed by atoms with E-state index in [0.717, 1.165) is 0 Å². The normalized spacial score (nSPS) is 10.3. The molecule has 0 saturated carbocycles. The molecule has 0 N–H and O–H groups in total. The standard InChI is InChI=1S/C9H10FNO/c1-6(2)9-8(10)4-3-7(5-12)11-9/h3-6H,1-2H3. The second-order valence-corrected chi connectivity index (χ2v) is 2.88. The van der Waals surface area contributed by atoms with Gasteiger partial charge in [0.05, 0.1) is 5.69 Å². The van der Waals surface area contributed by atoms with Crippen molar-refractivity contribution in [3.8, 4) is 0 Å². The monoisotopic (exact) mass is 167 g/mol. The van der Waals surface area contributed by atoms with Crippen LogP contribution in [-0.2, 0) is 0 Å². The van der Waals surface area contributed by atoms with E-state index in [9.17, 15) is 9.18 Å². The third kappa shape index (κ3) is 1.67. The molecule has 1 heterocycles. The molecule has 0 aliphatic carbocycles. The summed E-state index contributed by atoms with van der Waals surface area (Å²) >= 11 is 0. The van der Waals surface area contributed by atoms with Gasteiger partial charge in [-0.2, -0.15) is 0 Å². The first kappa shape index (κ1) is 8.84. The highest BCUT2D eigenvalue weighted by Crippen LogP contribution is 2.15. The molecule has 0 bridgehead atoms. The quantitative estimate of drug-likeness (QED) is 0.632. The highest BCUT2D eigenvalue weighted by molar-refractivity contribution is 5.71. The summed E-state index contributed by atoms with van der Waals surface area (Å²) in [6.07, 6.45) is 0.616. The van der Waals surface area contributed by atoms with Crippen molar-refractivity contribution >= 4 is 6.29 Å². The van der Waals surface area contributed by atoms with Crippen molar-refractivity contribution in [3.05, 3.63) is 29.3 Å². The molecule has 0 atom stereocenters. The van der Waals surface area contributed by atoms with Gasteiger partial charge >= 0.3 is 0 Å². The van der Waals surface area contributed by atoms with Crippen LogP contribution in [0.25, 0.3) is 0 Å². The zero-order valence-electron chi connectivity index (χ0n) is 7.04. The molecule has 0 aliphatic rings. The minimum Gasteiger partial charge on any atom is -0.296 e. The Morgan fingerprint density at radius 1 is 1.50 bits per heavy atom. The van der Waals surface area contributed by atoms with Crippen molar-refractivity contribution in [3.63, 3.8) is 0 Å². The molecular formula is C9H10FNO. The third-order valence-corrected chi connectivity index (χ3v) is 1.56. The largest absolute Gasteiger partial charge is 0.296 e. The first-order chi connectivity index (χ1) is 5.65. The molecule has 1 rings (SSSR count).